The molecule has 0 aliphatic carbocycles. The van der Waals surface area contributed by atoms with Crippen molar-refractivity contribution in [2.24, 2.45) is 5.92 Å². The van der Waals surface area contributed by atoms with E-state index < -0.39 is 5.60 Å². The zero-order valence-electron chi connectivity index (χ0n) is 12.2. The number of benzene rings is 1. The maximum atomic E-state index is 12.3. The van der Waals surface area contributed by atoms with E-state index in [4.69, 9.17) is 4.74 Å². The highest BCUT2D eigenvalue weighted by Gasteiger charge is 2.36. The summed E-state index contributed by atoms with van der Waals surface area (Å²) in [5, 5.41) is 0. The van der Waals surface area contributed by atoms with Crippen molar-refractivity contribution in [3.05, 3.63) is 35.9 Å². The molecule has 1 amide bonds. The number of carbonyl (C=O) groups excluding carboxylic acids is 1. The van der Waals surface area contributed by atoms with Crippen molar-refractivity contribution in [2.75, 3.05) is 6.54 Å². The number of rotatable bonds is 1. The van der Waals surface area contributed by atoms with Gasteiger partial charge in [0.25, 0.3) is 0 Å². The maximum absolute atomic E-state index is 12.3. The highest BCUT2D eigenvalue weighted by atomic mass is 16.6. The van der Waals surface area contributed by atoms with Crippen molar-refractivity contribution in [1.29, 1.82) is 0 Å². The van der Waals surface area contributed by atoms with E-state index in [0.29, 0.717) is 5.92 Å². The van der Waals surface area contributed by atoms with Crippen LogP contribution in [0.3, 0.4) is 0 Å². The Hall–Kier alpha value is -1.51. The number of hydrogen-bond donors (Lipinski definition) is 0. The van der Waals surface area contributed by atoms with Gasteiger partial charge in [0.05, 0.1) is 6.04 Å². The second kappa shape index (κ2) is 5.24. The molecule has 0 saturated carbocycles. The lowest BCUT2D eigenvalue weighted by Crippen LogP contribution is -2.36. The van der Waals surface area contributed by atoms with E-state index in [-0.39, 0.29) is 12.1 Å². The first-order chi connectivity index (χ1) is 8.87. The molecule has 2 rings (SSSR count). The minimum Gasteiger partial charge on any atom is -0.444 e. The average molecular weight is 261 g/mol. The first-order valence-corrected chi connectivity index (χ1v) is 6.91. The van der Waals surface area contributed by atoms with Gasteiger partial charge in [0, 0.05) is 6.54 Å². The van der Waals surface area contributed by atoms with Crippen LogP contribution in [0.25, 0.3) is 0 Å². The lowest BCUT2D eigenvalue weighted by Gasteiger charge is -2.28. The Labute approximate surface area is 115 Å². The normalized spacial score (nSPS) is 23.5. The molecule has 19 heavy (non-hydrogen) atoms. The summed E-state index contributed by atoms with van der Waals surface area (Å²) in [5.41, 5.74) is 0.752. The first-order valence-electron chi connectivity index (χ1n) is 6.91. The van der Waals surface area contributed by atoms with Crippen LogP contribution in [-0.2, 0) is 4.74 Å². The lowest BCUT2D eigenvalue weighted by molar-refractivity contribution is 0.0220. The molecule has 1 aliphatic heterocycles. The lowest BCUT2D eigenvalue weighted by atomic mass is 10.0. The van der Waals surface area contributed by atoms with Gasteiger partial charge in [0.15, 0.2) is 0 Å². The highest BCUT2D eigenvalue weighted by Crippen LogP contribution is 2.36. The second-order valence-electron chi connectivity index (χ2n) is 6.40. The molecule has 104 valence electrons. The van der Waals surface area contributed by atoms with E-state index in [1.807, 2.05) is 43.9 Å². The number of carbonyl (C=O) groups is 1. The quantitative estimate of drug-likeness (QED) is 0.764. The molecule has 1 heterocycles. The van der Waals surface area contributed by atoms with Crippen LogP contribution in [0.4, 0.5) is 4.79 Å². The largest absolute Gasteiger partial charge is 0.444 e. The monoisotopic (exact) mass is 261 g/mol. The third-order valence-corrected chi connectivity index (χ3v) is 3.32. The van der Waals surface area contributed by atoms with Crippen molar-refractivity contribution >= 4 is 6.09 Å². The number of amides is 1. The standard InChI is InChI=1S/C16H23NO2/c1-12-10-14(13-8-6-5-7-9-13)17(11-12)15(18)19-16(2,3)4/h5-9,12,14H,10-11H2,1-4H3. The molecule has 1 aromatic rings. The smallest absolute Gasteiger partial charge is 0.410 e. The molecule has 2 unspecified atom stereocenters. The fraction of sp³-hybridized carbons (Fsp3) is 0.562. The molecule has 1 saturated heterocycles. The minimum absolute atomic E-state index is 0.144. The van der Waals surface area contributed by atoms with Crippen LogP contribution in [0.2, 0.25) is 0 Å². The predicted molar refractivity (Wildman–Crippen MR) is 75.9 cm³/mol. The Bertz CT molecular complexity index is 436. The third kappa shape index (κ3) is 3.49. The van der Waals surface area contributed by atoms with Gasteiger partial charge < -0.3 is 9.64 Å². The van der Waals surface area contributed by atoms with E-state index in [1.54, 1.807) is 0 Å². The van der Waals surface area contributed by atoms with Crippen LogP contribution in [0, 0.1) is 5.92 Å². The van der Waals surface area contributed by atoms with E-state index in [1.165, 1.54) is 5.56 Å². The highest BCUT2D eigenvalue weighted by molar-refractivity contribution is 5.69. The van der Waals surface area contributed by atoms with Gasteiger partial charge in [-0.3, -0.25) is 0 Å². The van der Waals surface area contributed by atoms with Crippen LogP contribution in [0.15, 0.2) is 30.3 Å². The summed E-state index contributed by atoms with van der Waals surface area (Å²) in [7, 11) is 0. The predicted octanol–water partition coefficient (Wildman–Crippen LogP) is 4.00. The van der Waals surface area contributed by atoms with E-state index in [2.05, 4.69) is 19.1 Å². The van der Waals surface area contributed by atoms with Crippen LogP contribution >= 0.6 is 0 Å². The first kappa shape index (κ1) is 13.9. The Kier molecular flexibility index (Phi) is 3.83. The van der Waals surface area contributed by atoms with Gasteiger partial charge in [0.1, 0.15) is 5.60 Å². The molecule has 0 bridgehead atoms. The number of ether oxygens (including phenoxy) is 1. The van der Waals surface area contributed by atoms with Gasteiger partial charge in [-0.25, -0.2) is 4.79 Å². The zero-order valence-corrected chi connectivity index (χ0v) is 12.2. The molecule has 0 aromatic heterocycles. The Balaban J connectivity index is 2.16. The minimum atomic E-state index is -0.440. The third-order valence-electron chi connectivity index (χ3n) is 3.32. The van der Waals surface area contributed by atoms with Gasteiger partial charge in [-0.1, -0.05) is 37.3 Å². The fourth-order valence-corrected chi connectivity index (χ4v) is 2.56. The molecule has 0 N–H and O–H groups in total. The van der Waals surface area contributed by atoms with Gasteiger partial charge in [0.2, 0.25) is 0 Å². The summed E-state index contributed by atoms with van der Waals surface area (Å²) >= 11 is 0. The van der Waals surface area contributed by atoms with Gasteiger partial charge in [-0.05, 0) is 38.7 Å². The topological polar surface area (TPSA) is 29.5 Å². The number of hydrogen-bond acceptors (Lipinski definition) is 2. The van der Waals surface area contributed by atoms with E-state index >= 15 is 0 Å². The Morgan fingerprint density at radius 1 is 1.26 bits per heavy atom. The molecule has 1 fully saturated rings. The molecule has 2 atom stereocenters. The van der Waals surface area contributed by atoms with Crippen LogP contribution in [0.5, 0.6) is 0 Å². The van der Waals surface area contributed by atoms with Gasteiger partial charge >= 0.3 is 6.09 Å². The van der Waals surface area contributed by atoms with Crippen LogP contribution < -0.4 is 0 Å². The molecule has 1 aliphatic rings. The Morgan fingerprint density at radius 2 is 1.89 bits per heavy atom. The van der Waals surface area contributed by atoms with Crippen LogP contribution in [0.1, 0.15) is 45.7 Å². The fourth-order valence-electron chi connectivity index (χ4n) is 2.56. The van der Waals surface area contributed by atoms with Crippen molar-refractivity contribution in [3.8, 4) is 0 Å². The van der Waals surface area contributed by atoms with Gasteiger partial charge in [-0.15, -0.1) is 0 Å². The molecule has 1 aromatic carbocycles. The second-order valence-corrected chi connectivity index (χ2v) is 6.40. The Morgan fingerprint density at radius 3 is 2.47 bits per heavy atom. The number of nitrogens with zero attached hydrogens (tertiary/aromatic N) is 1. The molecule has 3 heteroatoms. The molecule has 0 spiro atoms. The van der Waals surface area contributed by atoms with Gasteiger partial charge in [-0.2, -0.15) is 0 Å². The van der Waals surface area contributed by atoms with Crippen molar-refractivity contribution in [1.82, 2.24) is 4.90 Å². The number of likely N-dealkylation sites (tertiary alicyclic amines) is 1. The molecule has 0 radical (unpaired) electrons. The summed E-state index contributed by atoms with van der Waals surface area (Å²) in [5.74, 6) is 0.512. The SMILES string of the molecule is CC1CC(c2ccccc2)N(C(=O)OC(C)(C)C)C1. The van der Waals surface area contributed by atoms with Crippen molar-refractivity contribution in [3.63, 3.8) is 0 Å². The summed E-state index contributed by atoms with van der Waals surface area (Å²) in [6, 6.07) is 10.3. The van der Waals surface area contributed by atoms with Crippen molar-refractivity contribution in [2.45, 2.75) is 45.8 Å². The van der Waals surface area contributed by atoms with Crippen LogP contribution in [-0.4, -0.2) is 23.1 Å². The van der Waals surface area contributed by atoms with E-state index in [9.17, 15) is 4.79 Å². The summed E-state index contributed by atoms with van der Waals surface area (Å²) < 4.78 is 5.51. The summed E-state index contributed by atoms with van der Waals surface area (Å²) in [6.07, 6.45) is 0.800. The summed E-state index contributed by atoms with van der Waals surface area (Å²) in [6.45, 7) is 8.67. The molecular formula is C16H23NO2. The molecule has 3 nitrogen and oxygen atoms in total. The van der Waals surface area contributed by atoms with Crippen molar-refractivity contribution < 1.29 is 9.53 Å². The average Bonchev–Trinajstić information content (AvgIpc) is 2.70. The maximum Gasteiger partial charge on any atom is 0.410 e. The molecular weight excluding hydrogens is 238 g/mol. The van der Waals surface area contributed by atoms with E-state index in [0.717, 1.165) is 13.0 Å². The summed E-state index contributed by atoms with van der Waals surface area (Å²) in [4.78, 5) is 14.2. The zero-order chi connectivity index (χ0) is 14.0.